The molecule has 2 amide bonds. The monoisotopic (exact) mass is 343 g/mol. The molecule has 132 valence electrons. The first-order valence-electron chi connectivity index (χ1n) is 8.61. The van der Waals surface area contributed by atoms with Crippen molar-refractivity contribution in [3.05, 3.63) is 0 Å². The van der Waals surface area contributed by atoms with Crippen LogP contribution in [0.2, 0.25) is 0 Å². The van der Waals surface area contributed by atoms with E-state index < -0.39 is 0 Å². The summed E-state index contributed by atoms with van der Waals surface area (Å²) < 4.78 is 0. The van der Waals surface area contributed by atoms with Crippen LogP contribution < -0.4 is 5.32 Å². The van der Waals surface area contributed by atoms with Crippen molar-refractivity contribution in [1.82, 2.24) is 15.1 Å². The summed E-state index contributed by atoms with van der Waals surface area (Å²) in [4.78, 5) is 28.8. The van der Waals surface area contributed by atoms with Crippen LogP contribution in [0.4, 0.5) is 0 Å². The number of amides is 2. The summed E-state index contributed by atoms with van der Waals surface area (Å²) in [5.74, 6) is 0.183. The minimum Gasteiger partial charge on any atom is -0.342 e. The molecule has 0 aromatic heterocycles. The quantitative estimate of drug-likeness (QED) is 0.787. The SMILES string of the molecule is CC(C)(C)N1CC(C(=O)N2CCC3(CCNC3)CC2)CC1=O.Cl. The maximum Gasteiger partial charge on any atom is 0.227 e. The predicted octanol–water partition coefficient (Wildman–Crippen LogP) is 1.66. The molecule has 3 fully saturated rings. The Labute approximate surface area is 145 Å². The Morgan fingerprint density at radius 2 is 1.87 bits per heavy atom. The summed E-state index contributed by atoms with van der Waals surface area (Å²) in [5.41, 5.74) is 0.243. The van der Waals surface area contributed by atoms with E-state index in [1.54, 1.807) is 0 Å². The predicted molar refractivity (Wildman–Crippen MR) is 92.6 cm³/mol. The van der Waals surface area contributed by atoms with Crippen LogP contribution >= 0.6 is 12.4 Å². The van der Waals surface area contributed by atoms with E-state index in [0.717, 1.165) is 39.0 Å². The Balaban J connectivity index is 0.00000192. The van der Waals surface area contributed by atoms with Crippen LogP contribution in [0.5, 0.6) is 0 Å². The van der Waals surface area contributed by atoms with Gasteiger partial charge in [-0.05, 0) is 52.0 Å². The first kappa shape index (κ1) is 18.5. The second kappa shape index (κ2) is 6.60. The van der Waals surface area contributed by atoms with Crippen LogP contribution in [0.25, 0.3) is 0 Å². The minimum absolute atomic E-state index is 0. The highest BCUT2D eigenvalue weighted by atomic mass is 35.5. The molecule has 3 aliphatic heterocycles. The summed E-state index contributed by atoms with van der Waals surface area (Å²) >= 11 is 0. The summed E-state index contributed by atoms with van der Waals surface area (Å²) in [6, 6.07) is 0. The largest absolute Gasteiger partial charge is 0.342 e. The van der Waals surface area contributed by atoms with E-state index in [1.165, 1.54) is 6.42 Å². The molecule has 0 aliphatic carbocycles. The van der Waals surface area contributed by atoms with Gasteiger partial charge >= 0.3 is 0 Å². The fraction of sp³-hybridized carbons (Fsp3) is 0.882. The second-order valence-corrected chi connectivity index (χ2v) is 8.33. The van der Waals surface area contributed by atoms with Gasteiger partial charge in [-0.15, -0.1) is 12.4 Å². The molecule has 23 heavy (non-hydrogen) atoms. The van der Waals surface area contributed by atoms with E-state index in [0.29, 0.717) is 18.4 Å². The molecule has 0 bridgehead atoms. The van der Waals surface area contributed by atoms with Gasteiger partial charge < -0.3 is 15.1 Å². The summed E-state index contributed by atoms with van der Waals surface area (Å²) in [6.45, 7) is 10.6. The van der Waals surface area contributed by atoms with Gasteiger partial charge in [0.25, 0.3) is 0 Å². The lowest BCUT2D eigenvalue weighted by molar-refractivity contribution is -0.138. The van der Waals surface area contributed by atoms with Crippen molar-refractivity contribution >= 4 is 24.2 Å². The Hall–Kier alpha value is -0.810. The highest BCUT2D eigenvalue weighted by molar-refractivity contribution is 5.89. The molecule has 1 unspecified atom stereocenters. The zero-order chi connectivity index (χ0) is 16.0. The van der Waals surface area contributed by atoms with Gasteiger partial charge in [-0.1, -0.05) is 0 Å². The standard InChI is InChI=1S/C17H29N3O2.ClH/c1-16(2,3)20-11-13(10-14(20)21)15(22)19-8-5-17(6-9-19)4-7-18-12-17;/h13,18H,4-12H2,1-3H3;1H. The number of rotatable bonds is 1. The Kier molecular flexibility index (Phi) is 5.31. The van der Waals surface area contributed by atoms with Crippen LogP contribution in [0.1, 0.15) is 46.5 Å². The lowest BCUT2D eigenvalue weighted by atomic mass is 9.77. The number of nitrogens with zero attached hydrogens (tertiary/aromatic N) is 2. The third-order valence-corrected chi connectivity index (χ3v) is 5.75. The third-order valence-electron chi connectivity index (χ3n) is 5.75. The normalized spacial score (nSPS) is 27.4. The van der Waals surface area contributed by atoms with Crippen LogP contribution in [0, 0.1) is 11.3 Å². The maximum atomic E-state index is 12.8. The lowest BCUT2D eigenvalue weighted by Gasteiger charge is -2.40. The molecule has 5 nitrogen and oxygen atoms in total. The second-order valence-electron chi connectivity index (χ2n) is 8.33. The molecule has 1 N–H and O–H groups in total. The molecule has 1 spiro atoms. The average molecular weight is 344 g/mol. The zero-order valence-electron chi connectivity index (χ0n) is 14.6. The summed E-state index contributed by atoms with van der Waals surface area (Å²) in [7, 11) is 0. The number of carbonyl (C=O) groups is 2. The van der Waals surface area contributed by atoms with Crippen molar-refractivity contribution in [2.45, 2.75) is 52.0 Å². The van der Waals surface area contributed by atoms with Crippen LogP contribution in [0.3, 0.4) is 0 Å². The first-order valence-corrected chi connectivity index (χ1v) is 8.61. The van der Waals surface area contributed by atoms with Gasteiger partial charge in [0, 0.05) is 38.1 Å². The number of hydrogen-bond donors (Lipinski definition) is 1. The summed E-state index contributed by atoms with van der Waals surface area (Å²) in [6.07, 6.45) is 3.85. The molecule has 3 saturated heterocycles. The van der Waals surface area contributed by atoms with Crippen molar-refractivity contribution < 1.29 is 9.59 Å². The van der Waals surface area contributed by atoms with Crippen molar-refractivity contribution in [2.75, 3.05) is 32.7 Å². The molecule has 3 heterocycles. The highest BCUT2D eigenvalue weighted by Crippen LogP contribution is 2.37. The van der Waals surface area contributed by atoms with Crippen LogP contribution in [0.15, 0.2) is 0 Å². The smallest absolute Gasteiger partial charge is 0.227 e. The molecular weight excluding hydrogens is 314 g/mol. The van der Waals surface area contributed by atoms with E-state index >= 15 is 0 Å². The molecule has 0 radical (unpaired) electrons. The topological polar surface area (TPSA) is 52.7 Å². The fourth-order valence-electron chi connectivity index (χ4n) is 4.20. The van der Waals surface area contributed by atoms with Crippen LogP contribution in [-0.4, -0.2) is 59.9 Å². The molecule has 0 aromatic carbocycles. The molecule has 0 saturated carbocycles. The van der Waals surface area contributed by atoms with Crippen LogP contribution in [-0.2, 0) is 9.59 Å². The van der Waals surface area contributed by atoms with Crippen molar-refractivity contribution in [3.8, 4) is 0 Å². The Morgan fingerprint density at radius 3 is 2.35 bits per heavy atom. The molecular formula is C17H30ClN3O2. The number of hydrogen-bond acceptors (Lipinski definition) is 3. The third kappa shape index (κ3) is 3.66. The maximum absolute atomic E-state index is 12.8. The lowest BCUT2D eigenvalue weighted by Crippen LogP contribution is -2.47. The van der Waals surface area contributed by atoms with Crippen molar-refractivity contribution in [2.24, 2.45) is 11.3 Å². The zero-order valence-corrected chi connectivity index (χ0v) is 15.4. The molecule has 3 rings (SSSR count). The van der Waals surface area contributed by atoms with Gasteiger partial charge in [-0.25, -0.2) is 0 Å². The molecule has 3 aliphatic rings. The molecule has 0 aromatic rings. The first-order chi connectivity index (χ1) is 10.3. The van der Waals surface area contributed by atoms with E-state index in [9.17, 15) is 9.59 Å². The molecule has 1 atom stereocenters. The van der Waals surface area contributed by atoms with Crippen molar-refractivity contribution in [3.63, 3.8) is 0 Å². The minimum atomic E-state index is -0.187. The number of nitrogens with one attached hydrogen (secondary N) is 1. The van der Waals surface area contributed by atoms with Gasteiger partial charge in [0.2, 0.25) is 11.8 Å². The van der Waals surface area contributed by atoms with E-state index in [-0.39, 0.29) is 35.7 Å². The van der Waals surface area contributed by atoms with Crippen molar-refractivity contribution in [1.29, 1.82) is 0 Å². The number of likely N-dealkylation sites (tertiary alicyclic amines) is 2. The van der Waals surface area contributed by atoms with Gasteiger partial charge in [0.1, 0.15) is 0 Å². The van der Waals surface area contributed by atoms with E-state index in [2.05, 4.69) is 5.32 Å². The van der Waals surface area contributed by atoms with Gasteiger partial charge in [0.15, 0.2) is 0 Å². The fourth-order valence-corrected chi connectivity index (χ4v) is 4.20. The highest BCUT2D eigenvalue weighted by Gasteiger charge is 2.43. The van der Waals surface area contributed by atoms with Gasteiger partial charge in [0.05, 0.1) is 5.92 Å². The average Bonchev–Trinajstić information content (AvgIpc) is 3.06. The van der Waals surface area contributed by atoms with Gasteiger partial charge in [-0.3, -0.25) is 9.59 Å². The number of carbonyl (C=O) groups excluding carboxylic acids is 2. The molecule has 6 heteroatoms. The van der Waals surface area contributed by atoms with Gasteiger partial charge in [-0.2, -0.15) is 0 Å². The van der Waals surface area contributed by atoms with E-state index in [1.807, 2.05) is 30.6 Å². The Morgan fingerprint density at radius 1 is 1.22 bits per heavy atom. The number of piperidine rings is 1. The number of halogens is 1. The Bertz CT molecular complexity index is 459. The summed E-state index contributed by atoms with van der Waals surface area (Å²) in [5, 5.41) is 3.46. The van der Waals surface area contributed by atoms with E-state index in [4.69, 9.17) is 0 Å².